The molecule has 0 saturated carbocycles. The Morgan fingerprint density at radius 2 is 2.05 bits per heavy atom. The molecular weight excluding hydrogens is 270 g/mol. The summed E-state index contributed by atoms with van der Waals surface area (Å²) < 4.78 is 16.3. The molecule has 104 valence electrons. The van der Waals surface area contributed by atoms with E-state index in [1.54, 1.807) is 30.3 Å². The molecule has 3 aromatic rings. The summed E-state index contributed by atoms with van der Waals surface area (Å²) in [6.45, 7) is 0.644. The Balaban J connectivity index is 1.57. The minimum Gasteiger partial charge on any atom is -0.490 e. The zero-order chi connectivity index (χ0) is 14.5. The number of ether oxygens (including phenoxy) is 2. The molecule has 0 fully saturated rings. The normalized spacial score (nSPS) is 10.2. The topological polar surface area (TPSA) is 81.2 Å². The van der Waals surface area contributed by atoms with E-state index < -0.39 is 0 Å². The average Bonchev–Trinajstić information content (AvgIpc) is 3.01. The van der Waals surface area contributed by atoms with Gasteiger partial charge in [-0.25, -0.2) is 4.98 Å². The van der Waals surface area contributed by atoms with E-state index in [4.69, 9.17) is 19.2 Å². The predicted octanol–water partition coefficient (Wildman–Crippen LogP) is 2.55. The molecule has 3 rings (SSSR count). The van der Waals surface area contributed by atoms with E-state index in [0.717, 1.165) is 0 Å². The Hall–Kier alpha value is -3.07. The van der Waals surface area contributed by atoms with Crippen molar-refractivity contribution >= 4 is 11.1 Å². The molecule has 2 heterocycles. The SMILES string of the molecule is N#Cc1cccc(OCCOc2ncnc3ccoc23)c1. The summed E-state index contributed by atoms with van der Waals surface area (Å²) in [4.78, 5) is 8.08. The molecule has 2 aromatic heterocycles. The van der Waals surface area contributed by atoms with Gasteiger partial charge in [-0.3, -0.25) is 0 Å². The summed E-state index contributed by atoms with van der Waals surface area (Å²) in [5.74, 6) is 1.02. The lowest BCUT2D eigenvalue weighted by Gasteiger charge is -2.07. The highest BCUT2D eigenvalue weighted by molar-refractivity contribution is 5.76. The second kappa shape index (κ2) is 5.92. The number of benzene rings is 1. The summed E-state index contributed by atoms with van der Waals surface area (Å²) in [5, 5.41) is 8.81. The maximum atomic E-state index is 8.81. The Labute approximate surface area is 120 Å². The van der Waals surface area contributed by atoms with Gasteiger partial charge in [-0.2, -0.15) is 10.2 Å². The van der Waals surface area contributed by atoms with E-state index in [2.05, 4.69) is 16.0 Å². The number of hydrogen-bond donors (Lipinski definition) is 0. The van der Waals surface area contributed by atoms with E-state index in [0.29, 0.717) is 41.5 Å². The first-order chi connectivity index (χ1) is 10.4. The second-order valence-corrected chi connectivity index (χ2v) is 4.15. The second-order valence-electron chi connectivity index (χ2n) is 4.15. The fraction of sp³-hybridized carbons (Fsp3) is 0.133. The van der Waals surface area contributed by atoms with Gasteiger partial charge in [0.2, 0.25) is 5.58 Å². The molecule has 6 nitrogen and oxygen atoms in total. The van der Waals surface area contributed by atoms with Crippen molar-refractivity contribution in [1.29, 1.82) is 5.26 Å². The summed E-state index contributed by atoms with van der Waals surface area (Å²) >= 11 is 0. The smallest absolute Gasteiger partial charge is 0.261 e. The Bertz CT molecular complexity index is 792. The molecule has 0 aliphatic heterocycles. The van der Waals surface area contributed by atoms with E-state index in [-0.39, 0.29) is 0 Å². The van der Waals surface area contributed by atoms with Crippen LogP contribution < -0.4 is 9.47 Å². The molecule has 0 saturated heterocycles. The highest BCUT2D eigenvalue weighted by Crippen LogP contribution is 2.21. The highest BCUT2D eigenvalue weighted by Gasteiger charge is 2.07. The van der Waals surface area contributed by atoms with Crippen LogP contribution in [0.5, 0.6) is 11.6 Å². The van der Waals surface area contributed by atoms with Crippen molar-refractivity contribution in [3.63, 3.8) is 0 Å². The Kier molecular flexibility index (Phi) is 3.65. The van der Waals surface area contributed by atoms with Crippen LogP contribution in [0.2, 0.25) is 0 Å². The first-order valence-corrected chi connectivity index (χ1v) is 6.31. The van der Waals surface area contributed by atoms with Gasteiger partial charge in [0, 0.05) is 6.07 Å². The molecule has 0 atom stereocenters. The van der Waals surface area contributed by atoms with Crippen LogP contribution in [0.4, 0.5) is 0 Å². The number of aromatic nitrogens is 2. The van der Waals surface area contributed by atoms with Gasteiger partial charge in [0.1, 0.15) is 30.8 Å². The van der Waals surface area contributed by atoms with Crippen LogP contribution in [0.15, 0.2) is 47.3 Å². The molecule has 0 spiro atoms. The van der Waals surface area contributed by atoms with Gasteiger partial charge in [0.25, 0.3) is 5.88 Å². The van der Waals surface area contributed by atoms with Crippen molar-refractivity contribution in [2.45, 2.75) is 0 Å². The Morgan fingerprint density at radius 1 is 1.14 bits per heavy atom. The zero-order valence-electron chi connectivity index (χ0n) is 11.0. The minimum absolute atomic E-state index is 0.309. The van der Waals surface area contributed by atoms with Crippen molar-refractivity contribution < 1.29 is 13.9 Å². The van der Waals surface area contributed by atoms with Crippen molar-refractivity contribution in [3.8, 4) is 17.7 Å². The number of nitriles is 1. The van der Waals surface area contributed by atoms with Gasteiger partial charge in [-0.15, -0.1) is 0 Å². The summed E-state index contributed by atoms with van der Waals surface area (Å²) in [5.41, 5.74) is 1.77. The first kappa shape index (κ1) is 12.9. The van der Waals surface area contributed by atoms with Crippen LogP contribution in [0.25, 0.3) is 11.1 Å². The molecular formula is C15H11N3O3. The summed E-state index contributed by atoms with van der Waals surface area (Å²) in [6, 6.07) is 10.8. The Morgan fingerprint density at radius 3 is 2.95 bits per heavy atom. The third-order valence-electron chi connectivity index (χ3n) is 2.76. The van der Waals surface area contributed by atoms with E-state index in [1.807, 2.05) is 0 Å². The van der Waals surface area contributed by atoms with Crippen LogP contribution >= 0.6 is 0 Å². The van der Waals surface area contributed by atoms with E-state index >= 15 is 0 Å². The number of hydrogen-bond acceptors (Lipinski definition) is 6. The summed E-state index contributed by atoms with van der Waals surface area (Å²) in [7, 11) is 0. The van der Waals surface area contributed by atoms with Gasteiger partial charge in [0.05, 0.1) is 17.9 Å². The maximum Gasteiger partial charge on any atom is 0.261 e. The summed E-state index contributed by atoms with van der Waals surface area (Å²) in [6.07, 6.45) is 2.96. The van der Waals surface area contributed by atoms with Gasteiger partial charge in [-0.05, 0) is 18.2 Å². The van der Waals surface area contributed by atoms with E-state index in [9.17, 15) is 0 Å². The third-order valence-corrected chi connectivity index (χ3v) is 2.76. The number of nitrogens with zero attached hydrogens (tertiary/aromatic N) is 3. The molecule has 6 heteroatoms. The molecule has 21 heavy (non-hydrogen) atoms. The van der Waals surface area contributed by atoms with Crippen LogP contribution in [0, 0.1) is 11.3 Å². The van der Waals surface area contributed by atoms with Gasteiger partial charge < -0.3 is 13.9 Å². The van der Waals surface area contributed by atoms with Crippen molar-refractivity contribution in [3.05, 3.63) is 48.5 Å². The molecule has 1 aromatic carbocycles. The predicted molar refractivity (Wildman–Crippen MR) is 74.0 cm³/mol. The lowest BCUT2D eigenvalue weighted by atomic mass is 10.2. The molecule has 0 unspecified atom stereocenters. The fourth-order valence-corrected chi connectivity index (χ4v) is 1.82. The number of fused-ring (bicyclic) bond motifs is 1. The van der Waals surface area contributed by atoms with Crippen molar-refractivity contribution in [2.24, 2.45) is 0 Å². The molecule has 0 aliphatic rings. The maximum absolute atomic E-state index is 8.81. The molecule has 0 bridgehead atoms. The van der Waals surface area contributed by atoms with E-state index in [1.165, 1.54) is 12.6 Å². The quantitative estimate of drug-likeness (QED) is 0.668. The van der Waals surface area contributed by atoms with Crippen molar-refractivity contribution in [1.82, 2.24) is 9.97 Å². The largest absolute Gasteiger partial charge is 0.490 e. The average molecular weight is 281 g/mol. The van der Waals surface area contributed by atoms with Crippen LogP contribution in [0.1, 0.15) is 5.56 Å². The third kappa shape index (κ3) is 2.92. The number of rotatable bonds is 5. The van der Waals surface area contributed by atoms with Crippen LogP contribution in [-0.2, 0) is 0 Å². The van der Waals surface area contributed by atoms with Gasteiger partial charge in [0.15, 0.2) is 0 Å². The fourth-order valence-electron chi connectivity index (χ4n) is 1.82. The van der Waals surface area contributed by atoms with Crippen LogP contribution in [0.3, 0.4) is 0 Å². The monoisotopic (exact) mass is 281 g/mol. The molecule has 0 amide bonds. The van der Waals surface area contributed by atoms with Crippen LogP contribution in [-0.4, -0.2) is 23.2 Å². The van der Waals surface area contributed by atoms with Gasteiger partial charge >= 0.3 is 0 Å². The standard InChI is InChI=1S/C15H11N3O3/c16-9-11-2-1-3-12(8-11)19-6-7-21-15-14-13(4-5-20-14)17-10-18-15/h1-5,8,10H,6-7H2. The molecule has 0 aliphatic carbocycles. The lowest BCUT2D eigenvalue weighted by Crippen LogP contribution is -2.10. The minimum atomic E-state index is 0.309. The first-order valence-electron chi connectivity index (χ1n) is 6.31. The highest BCUT2D eigenvalue weighted by atomic mass is 16.5. The lowest BCUT2D eigenvalue weighted by molar-refractivity contribution is 0.212. The van der Waals surface area contributed by atoms with Crippen molar-refractivity contribution in [2.75, 3.05) is 13.2 Å². The number of furan rings is 1. The molecule has 0 radical (unpaired) electrons. The zero-order valence-corrected chi connectivity index (χ0v) is 11.0. The van der Waals surface area contributed by atoms with Gasteiger partial charge in [-0.1, -0.05) is 6.07 Å². The molecule has 0 N–H and O–H groups in total.